The van der Waals surface area contributed by atoms with Gasteiger partial charge in [-0.15, -0.1) is 0 Å². The van der Waals surface area contributed by atoms with Crippen LogP contribution in [0.25, 0.3) is 0 Å². The molecule has 2 aromatic heterocycles. The lowest BCUT2D eigenvalue weighted by Crippen LogP contribution is -2.28. The molecule has 0 aliphatic rings. The third-order valence-corrected chi connectivity index (χ3v) is 5.16. The number of aromatic nitrogens is 2. The van der Waals surface area contributed by atoms with E-state index in [-0.39, 0.29) is 10.7 Å². The number of hydrogen-bond donors (Lipinski definition) is 2. The fraction of sp³-hybridized carbons (Fsp3) is 0.462. The molecule has 0 saturated heterocycles. The van der Waals surface area contributed by atoms with Crippen molar-refractivity contribution >= 4 is 15.8 Å². The highest BCUT2D eigenvalue weighted by Gasteiger charge is 2.27. The largest absolute Gasteiger partial charge is 0.466 e. The molecule has 0 amide bonds. The van der Waals surface area contributed by atoms with E-state index in [4.69, 9.17) is 10.2 Å². The van der Waals surface area contributed by atoms with Crippen molar-refractivity contribution in [3.63, 3.8) is 0 Å². The first-order chi connectivity index (χ1) is 9.63. The molecule has 0 aliphatic heterocycles. The molecule has 2 aromatic rings. The maximum Gasteiger partial charge on any atom is 0.246 e. The fourth-order valence-corrected chi connectivity index (χ4v) is 3.93. The smallest absolute Gasteiger partial charge is 0.246 e. The molecular formula is C13H20N4O3S. The third-order valence-electron chi connectivity index (χ3n) is 3.45. The van der Waals surface area contributed by atoms with Gasteiger partial charge in [0.15, 0.2) is 5.82 Å². The minimum atomic E-state index is -3.76. The van der Waals surface area contributed by atoms with Crippen LogP contribution in [0.1, 0.15) is 35.7 Å². The van der Waals surface area contributed by atoms with Gasteiger partial charge in [0.05, 0.1) is 5.69 Å². The molecule has 0 aromatic carbocycles. The Kier molecular flexibility index (Phi) is 3.85. The summed E-state index contributed by atoms with van der Waals surface area (Å²) in [6.45, 7) is 7.05. The van der Waals surface area contributed by atoms with Crippen LogP contribution in [0.3, 0.4) is 0 Å². The number of aryl methyl sites for hydroxylation is 3. The van der Waals surface area contributed by atoms with Crippen molar-refractivity contribution < 1.29 is 12.8 Å². The third kappa shape index (κ3) is 2.81. The maximum absolute atomic E-state index is 12.5. The van der Waals surface area contributed by atoms with Crippen LogP contribution in [-0.4, -0.2) is 18.2 Å². The molecule has 116 valence electrons. The Labute approximate surface area is 124 Å². The Bertz CT molecular complexity index is 774. The molecule has 0 bridgehead atoms. The summed E-state index contributed by atoms with van der Waals surface area (Å²) < 4.78 is 34.5. The molecule has 0 aliphatic carbocycles. The Morgan fingerprint density at radius 3 is 2.43 bits per heavy atom. The van der Waals surface area contributed by atoms with Gasteiger partial charge < -0.3 is 10.2 Å². The lowest BCUT2D eigenvalue weighted by Gasteiger charge is -2.13. The van der Waals surface area contributed by atoms with Crippen LogP contribution < -0.4 is 10.5 Å². The fourth-order valence-electron chi connectivity index (χ4n) is 2.38. The number of hydrogen-bond acceptors (Lipinski definition) is 5. The molecule has 1 atom stereocenters. The van der Waals surface area contributed by atoms with Crippen molar-refractivity contribution in [2.45, 2.75) is 38.6 Å². The highest BCUT2D eigenvalue weighted by Crippen LogP contribution is 2.26. The van der Waals surface area contributed by atoms with E-state index in [0.717, 1.165) is 11.3 Å². The minimum absolute atomic E-state index is 0.00482. The highest BCUT2D eigenvalue weighted by molar-refractivity contribution is 7.89. The average Bonchev–Trinajstić information content (AvgIpc) is 2.79. The number of furan rings is 1. The van der Waals surface area contributed by atoms with Gasteiger partial charge in [-0.2, -0.15) is 5.10 Å². The number of nitrogens with zero attached hydrogens (tertiary/aromatic N) is 2. The number of rotatable bonds is 4. The second kappa shape index (κ2) is 5.19. The summed E-state index contributed by atoms with van der Waals surface area (Å²) in [4.78, 5) is 0.0229. The molecule has 0 spiro atoms. The maximum atomic E-state index is 12.5. The van der Waals surface area contributed by atoms with Crippen LogP contribution in [0.5, 0.6) is 0 Å². The molecule has 0 radical (unpaired) electrons. The molecule has 0 saturated carbocycles. The predicted octanol–water partition coefficient (Wildman–Crippen LogP) is 1.56. The zero-order valence-electron chi connectivity index (χ0n) is 12.8. The van der Waals surface area contributed by atoms with Gasteiger partial charge in [-0.1, -0.05) is 0 Å². The Balaban J connectivity index is 2.35. The van der Waals surface area contributed by atoms with Crippen LogP contribution in [0.15, 0.2) is 15.4 Å². The van der Waals surface area contributed by atoms with Crippen molar-refractivity contribution in [1.29, 1.82) is 0 Å². The van der Waals surface area contributed by atoms with Crippen molar-refractivity contribution in [3.8, 4) is 0 Å². The van der Waals surface area contributed by atoms with Gasteiger partial charge in [0.1, 0.15) is 16.4 Å². The molecule has 8 heteroatoms. The van der Waals surface area contributed by atoms with Gasteiger partial charge >= 0.3 is 0 Å². The van der Waals surface area contributed by atoms with Gasteiger partial charge in [0.2, 0.25) is 10.0 Å². The predicted molar refractivity (Wildman–Crippen MR) is 79.3 cm³/mol. The molecule has 3 N–H and O–H groups in total. The van der Waals surface area contributed by atoms with Crippen LogP contribution in [0.4, 0.5) is 5.82 Å². The molecular weight excluding hydrogens is 292 g/mol. The standard InChI is InChI=1S/C13H20N4O3S/c1-7-6-11(10(4)20-7)8(2)16-21(18,19)12-9(3)17(5)15-13(12)14/h6,8,16H,1-5H3,(H2,14,15). The highest BCUT2D eigenvalue weighted by atomic mass is 32.2. The van der Waals surface area contributed by atoms with E-state index in [1.807, 2.05) is 13.0 Å². The quantitative estimate of drug-likeness (QED) is 0.891. The number of nitrogens with one attached hydrogen (secondary N) is 1. The Hall–Kier alpha value is -1.80. The summed E-state index contributed by atoms with van der Waals surface area (Å²) in [5, 5.41) is 3.94. The molecule has 2 heterocycles. The van der Waals surface area contributed by atoms with Crippen LogP contribution in [0, 0.1) is 20.8 Å². The second-order valence-electron chi connectivity index (χ2n) is 5.13. The number of nitrogens with two attached hydrogens (primary N) is 1. The molecule has 0 fully saturated rings. The van der Waals surface area contributed by atoms with Gasteiger partial charge in [-0.25, -0.2) is 13.1 Å². The Morgan fingerprint density at radius 2 is 2.00 bits per heavy atom. The lowest BCUT2D eigenvalue weighted by atomic mass is 10.1. The molecule has 7 nitrogen and oxygen atoms in total. The molecule has 1 unspecified atom stereocenters. The van der Waals surface area contributed by atoms with Crippen molar-refractivity contribution in [1.82, 2.24) is 14.5 Å². The zero-order valence-corrected chi connectivity index (χ0v) is 13.6. The number of sulfonamides is 1. The first-order valence-electron chi connectivity index (χ1n) is 6.51. The number of nitrogen functional groups attached to an aromatic ring is 1. The molecule has 2 rings (SSSR count). The van der Waals surface area contributed by atoms with Gasteiger partial charge in [-0.3, -0.25) is 4.68 Å². The SMILES string of the molecule is Cc1cc(C(C)NS(=O)(=O)c2c(N)nn(C)c2C)c(C)o1. The first kappa shape index (κ1) is 15.6. The summed E-state index contributed by atoms with van der Waals surface area (Å²) >= 11 is 0. The van der Waals surface area contributed by atoms with Gasteiger partial charge in [-0.05, 0) is 33.8 Å². The van der Waals surface area contributed by atoms with E-state index >= 15 is 0 Å². The van der Waals surface area contributed by atoms with E-state index in [0.29, 0.717) is 11.5 Å². The van der Waals surface area contributed by atoms with Crippen LogP contribution >= 0.6 is 0 Å². The average molecular weight is 312 g/mol. The second-order valence-corrected chi connectivity index (χ2v) is 6.79. The van der Waals surface area contributed by atoms with Crippen molar-refractivity contribution in [3.05, 3.63) is 28.8 Å². The van der Waals surface area contributed by atoms with E-state index in [9.17, 15) is 8.42 Å². The van der Waals surface area contributed by atoms with E-state index in [2.05, 4.69) is 9.82 Å². The molecule has 21 heavy (non-hydrogen) atoms. The summed E-state index contributed by atoms with van der Waals surface area (Å²) in [5.74, 6) is 1.43. The minimum Gasteiger partial charge on any atom is -0.466 e. The Morgan fingerprint density at radius 1 is 1.38 bits per heavy atom. The van der Waals surface area contributed by atoms with Gasteiger partial charge in [0, 0.05) is 18.7 Å². The summed E-state index contributed by atoms with van der Waals surface area (Å²) in [5.41, 5.74) is 7.00. The van der Waals surface area contributed by atoms with E-state index < -0.39 is 16.1 Å². The van der Waals surface area contributed by atoms with Crippen molar-refractivity contribution in [2.24, 2.45) is 7.05 Å². The normalized spacial score (nSPS) is 13.6. The topological polar surface area (TPSA) is 103 Å². The lowest BCUT2D eigenvalue weighted by molar-refractivity contribution is 0.496. The summed E-state index contributed by atoms with van der Waals surface area (Å²) in [6.07, 6.45) is 0. The van der Waals surface area contributed by atoms with Crippen LogP contribution in [-0.2, 0) is 17.1 Å². The van der Waals surface area contributed by atoms with Crippen molar-refractivity contribution in [2.75, 3.05) is 5.73 Å². The van der Waals surface area contributed by atoms with Gasteiger partial charge in [0.25, 0.3) is 0 Å². The summed E-state index contributed by atoms with van der Waals surface area (Å²) in [6, 6.07) is 1.40. The van der Waals surface area contributed by atoms with Crippen LogP contribution in [0.2, 0.25) is 0 Å². The van der Waals surface area contributed by atoms with E-state index in [1.165, 1.54) is 4.68 Å². The monoisotopic (exact) mass is 312 g/mol. The first-order valence-corrected chi connectivity index (χ1v) is 8.00. The number of anilines is 1. The zero-order chi connectivity index (χ0) is 15.9. The van der Waals surface area contributed by atoms with E-state index in [1.54, 1.807) is 27.8 Å². The summed E-state index contributed by atoms with van der Waals surface area (Å²) in [7, 11) is -2.11.